The van der Waals surface area contributed by atoms with Crippen molar-refractivity contribution in [3.8, 4) is 11.5 Å². The summed E-state index contributed by atoms with van der Waals surface area (Å²) in [4.78, 5) is 11.4. The molecule has 1 heterocycles. The number of hydrogen-bond acceptors (Lipinski definition) is 4. The van der Waals surface area contributed by atoms with Crippen LogP contribution in [0.3, 0.4) is 0 Å². The van der Waals surface area contributed by atoms with Gasteiger partial charge in [0.25, 0.3) is 0 Å². The van der Waals surface area contributed by atoms with Gasteiger partial charge in [0.05, 0.1) is 15.7 Å². The molecule has 0 bridgehead atoms. The number of anilines is 2. The van der Waals surface area contributed by atoms with Gasteiger partial charge in [0.2, 0.25) is 5.91 Å². The molecule has 114 valence electrons. The molecule has 2 aromatic rings. The van der Waals surface area contributed by atoms with E-state index in [-0.39, 0.29) is 5.91 Å². The number of carbonyl (C=O) groups excluding carboxylic acids is 1. The minimum Gasteiger partial charge on any atom is -0.454 e. The van der Waals surface area contributed by atoms with Crippen LogP contribution in [0.25, 0.3) is 0 Å². The summed E-state index contributed by atoms with van der Waals surface area (Å²) in [6.45, 7) is 0. The topological polar surface area (TPSA) is 76.4 Å². The average Bonchev–Trinajstić information content (AvgIpc) is 2.50. The highest BCUT2D eigenvalue weighted by atomic mass is 35.5. The Morgan fingerprint density at radius 3 is 2.55 bits per heavy atom. The molecular formula is C15H13Cl2N3O2. The second-order valence-electron chi connectivity index (χ2n) is 4.88. The minimum absolute atomic E-state index is 0.0251. The zero-order valence-corrected chi connectivity index (χ0v) is 13.0. The average molecular weight is 338 g/mol. The number of aryl methyl sites for hydroxylation is 1. The summed E-state index contributed by atoms with van der Waals surface area (Å²) in [6, 6.07) is 8.69. The number of fused-ring (bicyclic) bond motifs is 1. The monoisotopic (exact) mass is 337 g/mol. The number of carbonyl (C=O) groups is 1. The summed E-state index contributed by atoms with van der Waals surface area (Å²) in [6.07, 6.45) is 1.14. The lowest BCUT2D eigenvalue weighted by molar-refractivity contribution is -0.116. The third-order valence-electron chi connectivity index (χ3n) is 3.36. The normalized spacial score (nSPS) is 13.3. The van der Waals surface area contributed by atoms with E-state index in [0.29, 0.717) is 40.1 Å². The fourth-order valence-electron chi connectivity index (χ4n) is 2.28. The number of hydrazine groups is 1. The quantitative estimate of drug-likeness (QED) is 0.585. The van der Waals surface area contributed by atoms with Crippen LogP contribution in [0.5, 0.6) is 11.5 Å². The van der Waals surface area contributed by atoms with Crippen molar-refractivity contribution in [3.05, 3.63) is 45.9 Å². The Morgan fingerprint density at radius 2 is 1.86 bits per heavy atom. The van der Waals surface area contributed by atoms with Crippen LogP contribution in [0.2, 0.25) is 10.0 Å². The van der Waals surface area contributed by atoms with Gasteiger partial charge in [0.15, 0.2) is 5.75 Å². The largest absolute Gasteiger partial charge is 0.454 e. The van der Waals surface area contributed by atoms with Gasteiger partial charge < -0.3 is 15.5 Å². The van der Waals surface area contributed by atoms with Crippen molar-refractivity contribution in [1.29, 1.82) is 0 Å². The Bertz CT molecular complexity index is 727. The summed E-state index contributed by atoms with van der Waals surface area (Å²) in [5.41, 5.74) is 4.90. The lowest BCUT2D eigenvalue weighted by Crippen LogP contribution is -2.18. The van der Waals surface area contributed by atoms with Gasteiger partial charge in [-0.1, -0.05) is 23.2 Å². The highest BCUT2D eigenvalue weighted by Gasteiger charge is 2.16. The first-order chi connectivity index (χ1) is 10.6. The van der Waals surface area contributed by atoms with Gasteiger partial charge in [-0.2, -0.15) is 0 Å². The van der Waals surface area contributed by atoms with Gasteiger partial charge in [0, 0.05) is 12.1 Å². The Balaban J connectivity index is 1.89. The van der Waals surface area contributed by atoms with Crippen LogP contribution in [0, 0.1) is 0 Å². The van der Waals surface area contributed by atoms with E-state index in [2.05, 4.69) is 10.7 Å². The molecule has 0 spiro atoms. The summed E-state index contributed by atoms with van der Waals surface area (Å²) < 4.78 is 5.79. The molecule has 0 saturated heterocycles. The number of nitrogens with two attached hydrogens (primary N) is 1. The van der Waals surface area contributed by atoms with Crippen molar-refractivity contribution in [3.63, 3.8) is 0 Å². The van der Waals surface area contributed by atoms with Gasteiger partial charge >= 0.3 is 0 Å². The van der Waals surface area contributed by atoms with Gasteiger partial charge in [0.1, 0.15) is 5.75 Å². The van der Waals surface area contributed by atoms with Crippen LogP contribution in [0.4, 0.5) is 11.4 Å². The Kier molecular flexibility index (Phi) is 4.11. The van der Waals surface area contributed by atoms with Crippen LogP contribution >= 0.6 is 23.2 Å². The van der Waals surface area contributed by atoms with Gasteiger partial charge in [-0.3, -0.25) is 10.6 Å². The van der Waals surface area contributed by atoms with Crippen LogP contribution in [-0.2, 0) is 11.2 Å². The van der Waals surface area contributed by atoms with Crippen molar-refractivity contribution < 1.29 is 9.53 Å². The molecule has 0 radical (unpaired) electrons. The summed E-state index contributed by atoms with van der Waals surface area (Å²) in [5, 5.41) is 3.53. The zero-order valence-electron chi connectivity index (χ0n) is 11.5. The lowest BCUT2D eigenvalue weighted by Gasteiger charge is -2.18. The standard InChI is InChI=1S/C15H13Cl2N3O2/c16-11-6-9(20-18)7-12(17)15(11)22-10-2-3-13-8(5-10)1-4-14(21)19-13/h2-3,5-7,20H,1,4,18H2,(H,19,21). The molecule has 0 fully saturated rings. The molecule has 1 aliphatic heterocycles. The molecule has 5 nitrogen and oxygen atoms in total. The first kappa shape index (κ1) is 15.0. The molecular weight excluding hydrogens is 325 g/mol. The third-order valence-corrected chi connectivity index (χ3v) is 3.92. The fourth-order valence-corrected chi connectivity index (χ4v) is 2.85. The highest BCUT2D eigenvalue weighted by molar-refractivity contribution is 6.37. The lowest BCUT2D eigenvalue weighted by atomic mass is 10.0. The highest BCUT2D eigenvalue weighted by Crippen LogP contribution is 2.39. The van der Waals surface area contributed by atoms with Gasteiger partial charge in [-0.05, 0) is 42.3 Å². The van der Waals surface area contributed by atoms with E-state index in [4.69, 9.17) is 33.8 Å². The SMILES string of the molecule is NNc1cc(Cl)c(Oc2ccc3c(c2)CCC(=O)N3)c(Cl)c1. The molecule has 1 amide bonds. The molecule has 22 heavy (non-hydrogen) atoms. The molecule has 4 N–H and O–H groups in total. The molecule has 0 aromatic heterocycles. The molecule has 3 rings (SSSR count). The van der Waals surface area contributed by atoms with Crippen LogP contribution < -0.4 is 21.3 Å². The van der Waals surface area contributed by atoms with E-state index in [1.54, 1.807) is 24.3 Å². The van der Waals surface area contributed by atoms with Crippen molar-refractivity contribution in [1.82, 2.24) is 0 Å². The second-order valence-corrected chi connectivity index (χ2v) is 5.70. The number of amides is 1. The van der Waals surface area contributed by atoms with Crippen LogP contribution in [-0.4, -0.2) is 5.91 Å². The Hall–Kier alpha value is -1.95. The van der Waals surface area contributed by atoms with Crippen LogP contribution in [0.1, 0.15) is 12.0 Å². The van der Waals surface area contributed by atoms with Gasteiger partial charge in [-0.25, -0.2) is 0 Å². The van der Waals surface area contributed by atoms with Crippen molar-refractivity contribution in [2.75, 3.05) is 10.7 Å². The van der Waals surface area contributed by atoms with E-state index in [1.807, 2.05) is 6.07 Å². The molecule has 0 unspecified atom stereocenters. The van der Waals surface area contributed by atoms with Crippen LogP contribution in [0.15, 0.2) is 30.3 Å². The fraction of sp³-hybridized carbons (Fsp3) is 0.133. The summed E-state index contributed by atoms with van der Waals surface area (Å²) in [7, 11) is 0. The first-order valence-corrected chi connectivity index (χ1v) is 7.38. The maximum absolute atomic E-state index is 11.4. The smallest absolute Gasteiger partial charge is 0.224 e. The first-order valence-electron chi connectivity index (χ1n) is 6.63. The number of hydrogen-bond donors (Lipinski definition) is 3. The number of halogens is 2. The van der Waals surface area contributed by atoms with Crippen molar-refractivity contribution >= 4 is 40.5 Å². The van der Waals surface area contributed by atoms with E-state index >= 15 is 0 Å². The van der Waals surface area contributed by atoms with E-state index in [0.717, 1.165) is 11.3 Å². The molecule has 0 saturated carbocycles. The van der Waals surface area contributed by atoms with Gasteiger partial charge in [-0.15, -0.1) is 0 Å². The van der Waals surface area contributed by atoms with E-state index < -0.39 is 0 Å². The second kappa shape index (κ2) is 6.04. The third kappa shape index (κ3) is 2.97. The number of ether oxygens (including phenoxy) is 1. The summed E-state index contributed by atoms with van der Waals surface area (Å²) in [5.74, 6) is 6.33. The molecule has 2 aromatic carbocycles. The minimum atomic E-state index is 0.0251. The predicted octanol–water partition coefficient (Wildman–Crippen LogP) is 3.96. The zero-order chi connectivity index (χ0) is 15.7. The molecule has 7 heteroatoms. The number of rotatable bonds is 3. The van der Waals surface area contributed by atoms with E-state index in [9.17, 15) is 4.79 Å². The van der Waals surface area contributed by atoms with Crippen molar-refractivity contribution in [2.45, 2.75) is 12.8 Å². The van der Waals surface area contributed by atoms with Crippen molar-refractivity contribution in [2.24, 2.45) is 5.84 Å². The predicted molar refractivity (Wildman–Crippen MR) is 87.7 cm³/mol. The molecule has 1 aliphatic rings. The number of nitrogen functional groups attached to an aromatic ring is 1. The number of benzene rings is 2. The Labute approximate surface area is 137 Å². The molecule has 0 atom stereocenters. The maximum atomic E-state index is 11.4. The summed E-state index contributed by atoms with van der Waals surface area (Å²) >= 11 is 12.3. The molecule has 0 aliphatic carbocycles. The van der Waals surface area contributed by atoms with E-state index in [1.165, 1.54) is 0 Å². The maximum Gasteiger partial charge on any atom is 0.224 e. The Morgan fingerprint density at radius 1 is 1.14 bits per heavy atom. The number of nitrogens with one attached hydrogen (secondary N) is 2.